The first kappa shape index (κ1) is 10.8. The van der Waals surface area contributed by atoms with Gasteiger partial charge in [0.25, 0.3) is 0 Å². The van der Waals surface area contributed by atoms with E-state index in [1.54, 1.807) is 11.3 Å². The molecule has 94 valence electrons. The Morgan fingerprint density at radius 3 is 3.11 bits per heavy atom. The maximum atomic E-state index is 4.57. The van der Waals surface area contributed by atoms with Crippen LogP contribution in [0.5, 0.6) is 0 Å². The lowest BCUT2D eigenvalue weighted by atomic mass is 10.1. The van der Waals surface area contributed by atoms with E-state index >= 15 is 0 Å². The van der Waals surface area contributed by atoms with Crippen molar-refractivity contribution in [1.29, 1.82) is 0 Å². The first-order valence-electron chi connectivity index (χ1n) is 6.23. The van der Waals surface area contributed by atoms with Gasteiger partial charge in [0, 0.05) is 17.8 Å². The number of nitrogens with zero attached hydrogens (tertiary/aromatic N) is 2. The molecule has 0 radical (unpaired) electrons. The number of benzene rings is 1. The van der Waals surface area contributed by atoms with Gasteiger partial charge in [0.2, 0.25) is 0 Å². The number of hydrogen-bond donors (Lipinski definition) is 2. The Kier molecular flexibility index (Phi) is 2.38. The van der Waals surface area contributed by atoms with Gasteiger partial charge in [-0.05, 0) is 41.6 Å². The summed E-state index contributed by atoms with van der Waals surface area (Å²) >= 11 is 1.66. The minimum Gasteiger partial charge on any atom is -0.384 e. The van der Waals surface area contributed by atoms with Gasteiger partial charge in [-0.3, -0.25) is 5.10 Å². The molecule has 3 aromatic rings. The summed E-state index contributed by atoms with van der Waals surface area (Å²) in [4.78, 5) is 5.68. The third-order valence-electron chi connectivity index (χ3n) is 3.31. The highest BCUT2D eigenvalue weighted by molar-refractivity contribution is 7.13. The van der Waals surface area contributed by atoms with E-state index in [2.05, 4.69) is 38.7 Å². The van der Waals surface area contributed by atoms with Gasteiger partial charge in [-0.2, -0.15) is 5.10 Å². The van der Waals surface area contributed by atoms with Crippen LogP contribution in [0.15, 0.2) is 35.7 Å². The standard InChI is InChI=1S/C14H12N4S/c1-2-12(19-7-1)14-16-13(17-18-14)10-3-4-11-9(8-10)5-6-15-11/h1-4,7-8,15H,5-6H2,(H,16,17,18). The molecule has 0 bridgehead atoms. The van der Waals surface area contributed by atoms with Crippen LogP contribution in [0, 0.1) is 0 Å². The Morgan fingerprint density at radius 2 is 2.21 bits per heavy atom. The van der Waals surface area contributed by atoms with Crippen molar-refractivity contribution in [3.8, 4) is 22.1 Å². The molecule has 4 nitrogen and oxygen atoms in total. The van der Waals surface area contributed by atoms with Crippen molar-refractivity contribution in [3.63, 3.8) is 0 Å². The Morgan fingerprint density at radius 1 is 1.21 bits per heavy atom. The van der Waals surface area contributed by atoms with Crippen molar-refractivity contribution in [2.24, 2.45) is 0 Å². The van der Waals surface area contributed by atoms with Gasteiger partial charge in [-0.25, -0.2) is 4.98 Å². The van der Waals surface area contributed by atoms with Crippen molar-refractivity contribution in [2.45, 2.75) is 6.42 Å². The monoisotopic (exact) mass is 268 g/mol. The molecule has 0 saturated heterocycles. The van der Waals surface area contributed by atoms with Crippen molar-refractivity contribution in [1.82, 2.24) is 15.2 Å². The van der Waals surface area contributed by atoms with Crippen molar-refractivity contribution < 1.29 is 0 Å². The van der Waals surface area contributed by atoms with Crippen LogP contribution in [0.25, 0.3) is 22.1 Å². The molecule has 0 atom stereocenters. The highest BCUT2D eigenvalue weighted by atomic mass is 32.1. The number of hydrogen-bond acceptors (Lipinski definition) is 4. The third kappa shape index (κ3) is 1.82. The minimum absolute atomic E-state index is 0.762. The van der Waals surface area contributed by atoms with Crippen molar-refractivity contribution in [2.75, 3.05) is 11.9 Å². The quantitative estimate of drug-likeness (QED) is 0.750. The second-order valence-electron chi connectivity index (χ2n) is 4.53. The summed E-state index contributed by atoms with van der Waals surface area (Å²) < 4.78 is 0. The molecule has 5 heteroatoms. The first-order valence-corrected chi connectivity index (χ1v) is 7.11. The molecule has 4 rings (SSSR count). The van der Waals surface area contributed by atoms with Crippen LogP contribution in [0.4, 0.5) is 5.69 Å². The number of nitrogens with one attached hydrogen (secondary N) is 2. The molecule has 1 aliphatic rings. The Bertz CT molecular complexity index is 715. The van der Waals surface area contributed by atoms with E-state index in [9.17, 15) is 0 Å². The molecule has 0 amide bonds. The van der Waals surface area contributed by atoms with Gasteiger partial charge < -0.3 is 5.32 Å². The Hall–Kier alpha value is -2.14. The van der Waals surface area contributed by atoms with Gasteiger partial charge >= 0.3 is 0 Å². The van der Waals surface area contributed by atoms with Crippen LogP contribution < -0.4 is 5.32 Å². The zero-order chi connectivity index (χ0) is 12.7. The number of anilines is 1. The maximum absolute atomic E-state index is 4.57. The van der Waals surface area contributed by atoms with E-state index in [0.717, 1.165) is 35.1 Å². The fraction of sp³-hybridized carbons (Fsp3) is 0.143. The zero-order valence-corrected chi connectivity index (χ0v) is 11.0. The fourth-order valence-corrected chi connectivity index (χ4v) is 3.02. The SMILES string of the molecule is c1csc(-c2nc(-c3ccc4c(c3)CCN4)n[nH]2)c1. The molecule has 2 N–H and O–H groups in total. The van der Waals surface area contributed by atoms with E-state index in [0.29, 0.717) is 0 Å². The summed E-state index contributed by atoms with van der Waals surface area (Å²) in [6.07, 6.45) is 1.07. The molecule has 1 aromatic carbocycles. The van der Waals surface area contributed by atoms with Gasteiger partial charge in [0.15, 0.2) is 11.6 Å². The summed E-state index contributed by atoms with van der Waals surface area (Å²) in [5.41, 5.74) is 3.65. The molecule has 1 aliphatic heterocycles. The largest absolute Gasteiger partial charge is 0.384 e. The number of aromatic nitrogens is 3. The van der Waals surface area contributed by atoms with E-state index in [-0.39, 0.29) is 0 Å². The van der Waals surface area contributed by atoms with E-state index in [1.165, 1.54) is 11.3 Å². The predicted molar refractivity (Wildman–Crippen MR) is 77.3 cm³/mol. The zero-order valence-electron chi connectivity index (χ0n) is 10.2. The number of thiophene rings is 1. The van der Waals surface area contributed by atoms with Crippen molar-refractivity contribution in [3.05, 3.63) is 41.3 Å². The summed E-state index contributed by atoms with van der Waals surface area (Å²) in [6, 6.07) is 10.4. The van der Waals surface area contributed by atoms with Crippen LogP contribution in [0.2, 0.25) is 0 Å². The number of aromatic amines is 1. The molecular formula is C14H12N4S. The van der Waals surface area contributed by atoms with Crippen LogP contribution >= 0.6 is 11.3 Å². The number of H-pyrrole nitrogens is 1. The molecule has 0 fully saturated rings. The predicted octanol–water partition coefficient (Wildman–Crippen LogP) is 3.17. The molecule has 19 heavy (non-hydrogen) atoms. The Balaban J connectivity index is 1.73. The topological polar surface area (TPSA) is 53.6 Å². The second kappa shape index (κ2) is 4.20. The molecule has 0 unspecified atom stereocenters. The molecule has 0 spiro atoms. The van der Waals surface area contributed by atoms with Gasteiger partial charge in [0.05, 0.1) is 4.88 Å². The molecule has 0 saturated carbocycles. The second-order valence-corrected chi connectivity index (χ2v) is 5.48. The normalized spacial score (nSPS) is 13.3. The third-order valence-corrected chi connectivity index (χ3v) is 4.19. The van der Waals surface area contributed by atoms with Crippen LogP contribution in [-0.4, -0.2) is 21.7 Å². The summed E-state index contributed by atoms with van der Waals surface area (Å²) in [5, 5.41) is 12.7. The van der Waals surface area contributed by atoms with E-state index in [1.807, 2.05) is 17.5 Å². The smallest absolute Gasteiger partial charge is 0.181 e. The summed E-state index contributed by atoms with van der Waals surface area (Å²) in [6.45, 7) is 1.02. The molecule has 2 aromatic heterocycles. The van der Waals surface area contributed by atoms with E-state index < -0.39 is 0 Å². The lowest BCUT2D eigenvalue weighted by molar-refractivity contribution is 1.09. The minimum atomic E-state index is 0.762. The first-order chi connectivity index (χ1) is 9.40. The van der Waals surface area contributed by atoms with Crippen LogP contribution in [-0.2, 0) is 6.42 Å². The lowest BCUT2D eigenvalue weighted by Gasteiger charge is -2.00. The van der Waals surface area contributed by atoms with Crippen LogP contribution in [0.3, 0.4) is 0 Å². The lowest BCUT2D eigenvalue weighted by Crippen LogP contribution is -1.90. The summed E-state index contributed by atoms with van der Waals surface area (Å²) in [7, 11) is 0. The van der Waals surface area contributed by atoms with Gasteiger partial charge in [0.1, 0.15) is 0 Å². The number of fused-ring (bicyclic) bond motifs is 1. The van der Waals surface area contributed by atoms with E-state index in [4.69, 9.17) is 0 Å². The highest BCUT2D eigenvalue weighted by Crippen LogP contribution is 2.28. The fourth-order valence-electron chi connectivity index (χ4n) is 2.36. The maximum Gasteiger partial charge on any atom is 0.181 e. The Labute approximate surface area is 114 Å². The van der Waals surface area contributed by atoms with Crippen molar-refractivity contribution >= 4 is 17.0 Å². The summed E-state index contributed by atoms with van der Waals surface area (Å²) in [5.74, 6) is 1.60. The average Bonchev–Trinajstić information content (AvgIpc) is 3.18. The van der Waals surface area contributed by atoms with Crippen LogP contribution in [0.1, 0.15) is 5.56 Å². The molecule has 0 aliphatic carbocycles. The van der Waals surface area contributed by atoms with Gasteiger partial charge in [-0.15, -0.1) is 11.3 Å². The average molecular weight is 268 g/mol. The molecular weight excluding hydrogens is 256 g/mol. The number of rotatable bonds is 2. The molecule has 3 heterocycles. The van der Waals surface area contributed by atoms with Gasteiger partial charge in [-0.1, -0.05) is 6.07 Å². The highest BCUT2D eigenvalue weighted by Gasteiger charge is 2.13.